The van der Waals surface area contributed by atoms with Gasteiger partial charge in [0.25, 0.3) is 10.0 Å². The highest BCUT2D eigenvalue weighted by molar-refractivity contribution is 7.99. The van der Waals surface area contributed by atoms with E-state index in [9.17, 15) is 13.2 Å². The van der Waals surface area contributed by atoms with Crippen molar-refractivity contribution < 1.29 is 22.7 Å². The molecule has 0 spiro atoms. The number of amides is 1. The zero-order chi connectivity index (χ0) is 24.6. The molecule has 0 aliphatic rings. The van der Waals surface area contributed by atoms with Crippen molar-refractivity contribution in [2.45, 2.75) is 16.8 Å². The van der Waals surface area contributed by atoms with Crippen LogP contribution in [0.4, 0.5) is 5.69 Å². The smallest absolute Gasteiger partial charge is 0.264 e. The summed E-state index contributed by atoms with van der Waals surface area (Å²) >= 11 is 1.50. The van der Waals surface area contributed by atoms with Crippen LogP contribution < -0.4 is 19.1 Å². The topological polar surface area (TPSA) is 97.8 Å². The van der Waals surface area contributed by atoms with Crippen LogP contribution in [0.15, 0.2) is 76.8 Å². The average Bonchev–Trinajstić information content (AvgIpc) is 2.85. The quantitative estimate of drug-likeness (QED) is 0.317. The van der Waals surface area contributed by atoms with E-state index in [1.807, 2.05) is 25.1 Å². The minimum absolute atomic E-state index is 0.0708. The highest BCUT2D eigenvalue weighted by atomic mass is 32.2. The number of sulfonamides is 1. The van der Waals surface area contributed by atoms with E-state index in [4.69, 9.17) is 9.47 Å². The molecule has 0 fully saturated rings. The van der Waals surface area contributed by atoms with Crippen molar-refractivity contribution >= 4 is 33.4 Å². The van der Waals surface area contributed by atoms with Gasteiger partial charge in [-0.1, -0.05) is 23.8 Å². The molecule has 0 aliphatic carbocycles. The van der Waals surface area contributed by atoms with E-state index in [0.717, 1.165) is 14.9 Å². The summed E-state index contributed by atoms with van der Waals surface area (Å²) in [6, 6.07) is 16.9. The predicted molar refractivity (Wildman–Crippen MR) is 133 cm³/mol. The summed E-state index contributed by atoms with van der Waals surface area (Å²) in [6.07, 6.45) is 1.70. The number of benzene rings is 2. The number of methoxy groups -OCH3 is 2. The van der Waals surface area contributed by atoms with E-state index in [-0.39, 0.29) is 10.6 Å². The first-order valence-corrected chi connectivity index (χ1v) is 12.9. The predicted octanol–water partition coefficient (Wildman–Crippen LogP) is 3.51. The maximum atomic E-state index is 13.6. The molecule has 0 saturated carbocycles. The third-order valence-electron chi connectivity index (χ3n) is 4.86. The van der Waals surface area contributed by atoms with Crippen molar-refractivity contribution in [2.75, 3.05) is 37.4 Å². The van der Waals surface area contributed by atoms with Crippen molar-refractivity contribution in [3.8, 4) is 11.5 Å². The number of rotatable bonds is 11. The molecule has 3 aromatic rings. The first kappa shape index (κ1) is 25.4. The molecule has 2 aromatic carbocycles. The summed E-state index contributed by atoms with van der Waals surface area (Å²) in [5, 5.41) is 3.63. The van der Waals surface area contributed by atoms with Crippen LogP contribution in [0, 0.1) is 6.92 Å². The minimum Gasteiger partial charge on any atom is -0.497 e. The van der Waals surface area contributed by atoms with Gasteiger partial charge in [-0.3, -0.25) is 9.10 Å². The maximum Gasteiger partial charge on any atom is 0.264 e. The lowest BCUT2D eigenvalue weighted by Gasteiger charge is -2.26. The van der Waals surface area contributed by atoms with Gasteiger partial charge in [0.1, 0.15) is 18.0 Å². The van der Waals surface area contributed by atoms with Crippen LogP contribution in [-0.2, 0) is 14.8 Å². The Morgan fingerprint density at radius 3 is 2.47 bits per heavy atom. The van der Waals surface area contributed by atoms with Crippen LogP contribution in [0.25, 0.3) is 0 Å². The van der Waals surface area contributed by atoms with Crippen LogP contribution in [0.3, 0.4) is 0 Å². The first-order chi connectivity index (χ1) is 16.3. The number of anilines is 1. The van der Waals surface area contributed by atoms with Crippen molar-refractivity contribution in [1.29, 1.82) is 0 Å². The number of hydrogen-bond donors (Lipinski definition) is 1. The Balaban J connectivity index is 1.83. The molecule has 34 heavy (non-hydrogen) atoms. The molecule has 1 aromatic heterocycles. The normalized spacial score (nSPS) is 11.0. The summed E-state index contributed by atoms with van der Waals surface area (Å²) in [5.74, 6) is 0.889. The van der Waals surface area contributed by atoms with Gasteiger partial charge in [-0.2, -0.15) is 0 Å². The lowest BCUT2D eigenvalue weighted by molar-refractivity contribution is -0.119. The number of pyridine rings is 1. The molecule has 3 rings (SSSR count). The van der Waals surface area contributed by atoms with E-state index in [2.05, 4.69) is 10.3 Å². The van der Waals surface area contributed by atoms with Gasteiger partial charge in [-0.25, -0.2) is 13.4 Å². The number of aromatic nitrogens is 1. The fourth-order valence-electron chi connectivity index (χ4n) is 3.09. The molecule has 0 aliphatic heterocycles. The summed E-state index contributed by atoms with van der Waals surface area (Å²) in [4.78, 5) is 17.1. The molecule has 1 heterocycles. The van der Waals surface area contributed by atoms with Gasteiger partial charge in [-0.15, -0.1) is 11.8 Å². The molecule has 8 nitrogen and oxygen atoms in total. The van der Waals surface area contributed by atoms with E-state index in [1.165, 1.54) is 44.2 Å². The second kappa shape index (κ2) is 11.8. The van der Waals surface area contributed by atoms with Crippen LogP contribution >= 0.6 is 11.8 Å². The molecule has 0 atom stereocenters. The van der Waals surface area contributed by atoms with E-state index >= 15 is 0 Å². The van der Waals surface area contributed by atoms with Gasteiger partial charge in [0, 0.05) is 24.6 Å². The molecule has 0 radical (unpaired) electrons. The minimum atomic E-state index is -4.08. The number of thioether (sulfide) groups is 1. The number of carbonyl (C=O) groups is 1. The SMILES string of the molecule is COc1ccc(OC)c(N(CC(=O)NCCSc2ccccn2)S(=O)(=O)c2ccc(C)cc2)c1. The van der Waals surface area contributed by atoms with Crippen LogP contribution in [0.5, 0.6) is 11.5 Å². The fourth-order valence-corrected chi connectivity index (χ4v) is 5.24. The average molecular weight is 502 g/mol. The Labute approximate surface area is 204 Å². The Hall–Kier alpha value is -3.24. The lowest BCUT2D eigenvalue weighted by Crippen LogP contribution is -2.41. The largest absolute Gasteiger partial charge is 0.497 e. The molecule has 1 N–H and O–H groups in total. The maximum absolute atomic E-state index is 13.6. The second-order valence-electron chi connectivity index (χ2n) is 7.23. The van der Waals surface area contributed by atoms with Crippen LogP contribution in [0.2, 0.25) is 0 Å². The van der Waals surface area contributed by atoms with Crippen LogP contribution in [0.1, 0.15) is 5.56 Å². The monoisotopic (exact) mass is 501 g/mol. The number of carbonyl (C=O) groups excluding carboxylic acids is 1. The first-order valence-electron chi connectivity index (χ1n) is 10.5. The molecule has 1 amide bonds. The van der Waals surface area contributed by atoms with E-state index in [0.29, 0.717) is 23.8 Å². The number of aryl methyl sites for hydroxylation is 1. The van der Waals surface area contributed by atoms with E-state index in [1.54, 1.807) is 30.5 Å². The summed E-state index contributed by atoms with van der Waals surface area (Å²) < 4.78 is 38.9. The van der Waals surface area contributed by atoms with Crippen molar-refractivity contribution in [1.82, 2.24) is 10.3 Å². The molecular weight excluding hydrogens is 474 g/mol. The number of nitrogens with zero attached hydrogens (tertiary/aromatic N) is 2. The third-order valence-corrected chi connectivity index (χ3v) is 7.58. The molecule has 180 valence electrons. The summed E-state index contributed by atoms with van der Waals surface area (Å²) in [5.41, 5.74) is 1.13. The Kier molecular flexibility index (Phi) is 8.78. The zero-order valence-electron chi connectivity index (χ0n) is 19.2. The Bertz CT molecular complexity index is 1200. The molecule has 0 unspecified atom stereocenters. The molecule has 10 heteroatoms. The number of hydrogen-bond acceptors (Lipinski definition) is 7. The van der Waals surface area contributed by atoms with Gasteiger partial charge < -0.3 is 14.8 Å². The number of ether oxygens (including phenoxy) is 2. The molecular formula is C24H27N3O5S2. The second-order valence-corrected chi connectivity index (χ2v) is 10.2. The Morgan fingerprint density at radius 1 is 1.06 bits per heavy atom. The standard InChI is InChI=1S/C24H27N3O5S2/c1-18-7-10-20(11-8-18)34(29,30)27(21-16-19(31-2)9-12-22(21)32-3)17-23(28)25-14-15-33-24-6-4-5-13-26-24/h4-13,16H,14-15,17H2,1-3H3,(H,25,28). The van der Waals surface area contributed by atoms with Gasteiger partial charge in [0.05, 0.1) is 29.8 Å². The fraction of sp³-hybridized carbons (Fsp3) is 0.250. The van der Waals surface area contributed by atoms with Crippen molar-refractivity contribution in [3.05, 3.63) is 72.4 Å². The highest BCUT2D eigenvalue weighted by Gasteiger charge is 2.30. The summed E-state index contributed by atoms with van der Waals surface area (Å²) in [6.45, 7) is 1.80. The molecule has 0 bridgehead atoms. The van der Waals surface area contributed by atoms with Gasteiger partial charge >= 0.3 is 0 Å². The zero-order valence-corrected chi connectivity index (χ0v) is 20.9. The van der Waals surface area contributed by atoms with Gasteiger partial charge in [0.2, 0.25) is 5.91 Å². The van der Waals surface area contributed by atoms with Crippen molar-refractivity contribution in [3.63, 3.8) is 0 Å². The van der Waals surface area contributed by atoms with Gasteiger partial charge in [-0.05, 0) is 43.3 Å². The number of nitrogens with one attached hydrogen (secondary N) is 1. The summed E-state index contributed by atoms with van der Waals surface area (Å²) in [7, 11) is -1.15. The Morgan fingerprint density at radius 2 is 1.82 bits per heavy atom. The van der Waals surface area contributed by atoms with E-state index < -0.39 is 22.5 Å². The highest BCUT2D eigenvalue weighted by Crippen LogP contribution is 2.35. The molecule has 0 saturated heterocycles. The van der Waals surface area contributed by atoms with Gasteiger partial charge in [0.15, 0.2) is 0 Å². The lowest BCUT2D eigenvalue weighted by atomic mass is 10.2. The third kappa shape index (κ3) is 6.42. The van der Waals surface area contributed by atoms with Crippen LogP contribution in [-0.4, -0.2) is 52.4 Å². The van der Waals surface area contributed by atoms with Crippen molar-refractivity contribution in [2.24, 2.45) is 0 Å².